The Morgan fingerprint density at radius 3 is 1.97 bits per heavy atom. The molecule has 2 heterocycles. The Kier molecular flexibility index (Phi) is 4.46. The molecule has 3 nitrogen and oxygen atoms in total. The molecule has 0 saturated heterocycles. The van der Waals surface area contributed by atoms with Gasteiger partial charge in [0.1, 0.15) is 6.33 Å². The van der Waals surface area contributed by atoms with E-state index in [1.807, 2.05) is 12.3 Å². The molecule has 0 spiro atoms. The lowest BCUT2D eigenvalue weighted by molar-refractivity contribution is 1.13. The summed E-state index contributed by atoms with van der Waals surface area (Å²) in [5, 5.41) is 2.42. The van der Waals surface area contributed by atoms with Crippen molar-refractivity contribution in [3.63, 3.8) is 0 Å². The van der Waals surface area contributed by atoms with Gasteiger partial charge in [-0.05, 0) is 58.0 Å². The minimum Gasteiger partial charge on any atom is -0.306 e. The van der Waals surface area contributed by atoms with Gasteiger partial charge < -0.3 is 4.90 Å². The summed E-state index contributed by atoms with van der Waals surface area (Å²) in [4.78, 5) is 11.4. The summed E-state index contributed by atoms with van der Waals surface area (Å²) >= 11 is 0. The third-order valence-electron chi connectivity index (χ3n) is 6.72. The first kappa shape index (κ1) is 19.7. The second-order valence-corrected chi connectivity index (χ2v) is 8.77. The van der Waals surface area contributed by atoms with Crippen LogP contribution in [0.1, 0.15) is 0 Å². The topological polar surface area (TPSA) is 29.0 Å². The maximum Gasteiger partial charge on any atom is 0.116 e. The van der Waals surface area contributed by atoms with E-state index in [1.54, 1.807) is 6.33 Å². The van der Waals surface area contributed by atoms with E-state index in [-0.39, 0.29) is 0 Å². The van der Waals surface area contributed by atoms with Crippen molar-refractivity contribution in [1.29, 1.82) is 0 Å². The highest BCUT2D eigenvalue weighted by atomic mass is 15.2. The first-order chi connectivity index (χ1) is 17.4. The standard InChI is InChI=1S/C32H21N3/c1-3-8-22(9-4-1)24-14-16-27(17-15-24)35-29-13-7-12-25-18-26(23-10-5-2-6-11-23)19-28(31(25)29)32-30(35)20-33-21-34-32/h1-21H. The monoisotopic (exact) mass is 447 g/mol. The molecule has 35 heavy (non-hydrogen) atoms. The summed E-state index contributed by atoms with van der Waals surface area (Å²) in [6.45, 7) is 0. The highest BCUT2D eigenvalue weighted by Crippen LogP contribution is 2.50. The van der Waals surface area contributed by atoms with Gasteiger partial charge >= 0.3 is 0 Å². The minimum absolute atomic E-state index is 0.952. The van der Waals surface area contributed by atoms with Crippen molar-refractivity contribution in [3.8, 4) is 33.5 Å². The number of hydrogen-bond donors (Lipinski definition) is 0. The predicted octanol–water partition coefficient (Wildman–Crippen LogP) is 8.41. The lowest BCUT2D eigenvalue weighted by atomic mass is 9.90. The Morgan fingerprint density at radius 1 is 0.543 bits per heavy atom. The van der Waals surface area contributed by atoms with E-state index in [9.17, 15) is 0 Å². The highest BCUT2D eigenvalue weighted by molar-refractivity contribution is 6.14. The fraction of sp³-hybridized carbons (Fsp3) is 0. The van der Waals surface area contributed by atoms with Crippen LogP contribution in [0.4, 0.5) is 17.1 Å². The average Bonchev–Trinajstić information content (AvgIpc) is 2.94. The largest absolute Gasteiger partial charge is 0.306 e. The lowest BCUT2D eigenvalue weighted by Crippen LogP contribution is -2.16. The van der Waals surface area contributed by atoms with Crippen molar-refractivity contribution < 1.29 is 0 Å². The summed E-state index contributed by atoms with van der Waals surface area (Å²) in [5.41, 5.74) is 10.1. The Bertz CT molecular complexity index is 1670. The van der Waals surface area contributed by atoms with Crippen molar-refractivity contribution in [2.45, 2.75) is 0 Å². The number of anilines is 3. The first-order valence-corrected chi connectivity index (χ1v) is 11.7. The summed E-state index contributed by atoms with van der Waals surface area (Å²) in [5.74, 6) is 0. The number of rotatable bonds is 3. The van der Waals surface area contributed by atoms with E-state index in [2.05, 4.69) is 119 Å². The SMILES string of the molecule is c1ccc(-c2ccc(N3c4cncnc4-c4cc(-c5ccccc5)cc5cccc3c45)cc2)cc1. The molecule has 0 unspecified atom stereocenters. The van der Waals surface area contributed by atoms with Crippen molar-refractivity contribution in [1.82, 2.24) is 9.97 Å². The van der Waals surface area contributed by atoms with Crippen molar-refractivity contribution in [2.24, 2.45) is 0 Å². The van der Waals surface area contributed by atoms with E-state index in [1.165, 1.54) is 33.0 Å². The van der Waals surface area contributed by atoms with Crippen LogP contribution in [0.2, 0.25) is 0 Å². The fourth-order valence-corrected chi connectivity index (χ4v) is 5.11. The van der Waals surface area contributed by atoms with E-state index >= 15 is 0 Å². The molecule has 0 aliphatic carbocycles. The van der Waals surface area contributed by atoms with Gasteiger partial charge in [-0.2, -0.15) is 0 Å². The molecule has 0 amide bonds. The molecule has 0 N–H and O–H groups in total. The molecule has 5 aromatic carbocycles. The van der Waals surface area contributed by atoms with Crippen LogP contribution in [0.3, 0.4) is 0 Å². The Morgan fingerprint density at radius 2 is 1.23 bits per heavy atom. The molecule has 164 valence electrons. The van der Waals surface area contributed by atoms with E-state index in [4.69, 9.17) is 4.98 Å². The van der Waals surface area contributed by atoms with Gasteiger partial charge in [0.15, 0.2) is 0 Å². The van der Waals surface area contributed by atoms with Gasteiger partial charge in [0.25, 0.3) is 0 Å². The zero-order valence-corrected chi connectivity index (χ0v) is 19.0. The minimum atomic E-state index is 0.952. The molecular formula is C32H21N3. The van der Waals surface area contributed by atoms with Crippen LogP contribution in [0.15, 0.2) is 128 Å². The maximum atomic E-state index is 4.77. The highest BCUT2D eigenvalue weighted by Gasteiger charge is 2.27. The van der Waals surface area contributed by atoms with Gasteiger partial charge in [-0.15, -0.1) is 0 Å². The number of benzene rings is 5. The van der Waals surface area contributed by atoms with Crippen LogP contribution in [-0.4, -0.2) is 9.97 Å². The average molecular weight is 448 g/mol. The molecular weight excluding hydrogens is 426 g/mol. The zero-order chi connectivity index (χ0) is 23.2. The summed E-state index contributed by atoms with van der Waals surface area (Å²) in [6, 6.07) is 40.8. The van der Waals surface area contributed by atoms with Crippen LogP contribution < -0.4 is 4.90 Å². The van der Waals surface area contributed by atoms with Crippen molar-refractivity contribution >= 4 is 27.8 Å². The Balaban J connectivity index is 1.44. The quantitative estimate of drug-likeness (QED) is 0.272. The summed E-state index contributed by atoms with van der Waals surface area (Å²) in [7, 11) is 0. The van der Waals surface area contributed by atoms with E-state index in [0.717, 1.165) is 28.3 Å². The Labute approximate surface area is 204 Å². The van der Waals surface area contributed by atoms with Crippen LogP contribution in [-0.2, 0) is 0 Å². The van der Waals surface area contributed by atoms with Gasteiger partial charge in [-0.3, -0.25) is 0 Å². The smallest absolute Gasteiger partial charge is 0.116 e. The number of nitrogens with zero attached hydrogens (tertiary/aromatic N) is 3. The Hall–Kier alpha value is -4.76. The van der Waals surface area contributed by atoms with Crippen LogP contribution in [0.5, 0.6) is 0 Å². The third kappa shape index (κ3) is 3.21. The van der Waals surface area contributed by atoms with E-state index < -0.39 is 0 Å². The molecule has 0 radical (unpaired) electrons. The number of fused-ring (bicyclic) bond motifs is 2. The second kappa shape index (κ2) is 7.93. The van der Waals surface area contributed by atoms with Crippen LogP contribution in [0, 0.1) is 0 Å². The van der Waals surface area contributed by atoms with Gasteiger partial charge in [-0.1, -0.05) is 84.9 Å². The molecule has 1 aliphatic rings. The third-order valence-corrected chi connectivity index (χ3v) is 6.72. The molecule has 0 atom stereocenters. The number of hydrogen-bond acceptors (Lipinski definition) is 3. The molecule has 6 aromatic rings. The van der Waals surface area contributed by atoms with Gasteiger partial charge in [0.2, 0.25) is 0 Å². The lowest BCUT2D eigenvalue weighted by Gasteiger charge is -2.32. The predicted molar refractivity (Wildman–Crippen MR) is 144 cm³/mol. The molecule has 0 bridgehead atoms. The zero-order valence-electron chi connectivity index (χ0n) is 19.0. The van der Waals surface area contributed by atoms with E-state index in [0.29, 0.717) is 0 Å². The second-order valence-electron chi connectivity index (χ2n) is 8.77. The molecule has 3 heteroatoms. The van der Waals surface area contributed by atoms with Crippen LogP contribution >= 0.6 is 0 Å². The fourth-order valence-electron chi connectivity index (χ4n) is 5.11. The molecule has 0 fully saturated rings. The maximum absolute atomic E-state index is 4.77. The molecule has 0 saturated carbocycles. The van der Waals surface area contributed by atoms with Gasteiger partial charge in [-0.25, -0.2) is 9.97 Å². The van der Waals surface area contributed by atoms with Crippen molar-refractivity contribution in [3.05, 3.63) is 128 Å². The van der Waals surface area contributed by atoms with Crippen LogP contribution in [0.25, 0.3) is 44.3 Å². The van der Waals surface area contributed by atoms with Gasteiger partial charge in [0.05, 0.1) is 23.3 Å². The first-order valence-electron chi connectivity index (χ1n) is 11.7. The normalized spacial score (nSPS) is 11.9. The van der Waals surface area contributed by atoms with Gasteiger partial charge in [0, 0.05) is 16.6 Å². The van der Waals surface area contributed by atoms with Crippen molar-refractivity contribution in [2.75, 3.05) is 4.90 Å². The summed E-state index contributed by atoms with van der Waals surface area (Å²) in [6.07, 6.45) is 3.56. The summed E-state index contributed by atoms with van der Waals surface area (Å²) < 4.78 is 0. The molecule has 1 aromatic heterocycles. The molecule has 7 rings (SSSR count). The number of aromatic nitrogens is 2. The molecule has 1 aliphatic heterocycles.